The molecule has 112 valence electrons. The van der Waals surface area contributed by atoms with Gasteiger partial charge in [-0.3, -0.25) is 4.79 Å². The number of carbonyl (C=O) groups is 1. The summed E-state index contributed by atoms with van der Waals surface area (Å²) in [5, 5.41) is 18.0. The lowest BCUT2D eigenvalue weighted by atomic mass is 9.98. The van der Waals surface area contributed by atoms with E-state index >= 15 is 0 Å². The molecule has 2 rings (SSSR count). The lowest BCUT2D eigenvalue weighted by Crippen LogP contribution is -2.48. The van der Waals surface area contributed by atoms with Crippen LogP contribution >= 0.6 is 0 Å². The Bertz CT molecular complexity index is 578. The molecular formula is C15H21N5O. The van der Waals surface area contributed by atoms with Crippen LogP contribution in [0.25, 0.3) is 0 Å². The first-order chi connectivity index (χ1) is 10.1. The molecule has 2 heterocycles. The zero-order valence-electron chi connectivity index (χ0n) is 12.6. The largest absolute Gasteiger partial charge is 0.368 e. The second-order valence-corrected chi connectivity index (χ2v) is 5.25. The average molecular weight is 287 g/mol. The number of amides is 1. The normalized spacial score (nSPS) is 18.3. The van der Waals surface area contributed by atoms with Crippen LogP contribution in [-0.2, 0) is 17.6 Å². The summed E-state index contributed by atoms with van der Waals surface area (Å²) in [4.78, 5) is 13.5. The molecule has 0 bridgehead atoms. The maximum Gasteiger partial charge on any atom is 0.240 e. The van der Waals surface area contributed by atoms with Crippen molar-refractivity contribution in [2.75, 3.05) is 11.4 Å². The molecule has 1 unspecified atom stereocenters. The lowest BCUT2D eigenvalue weighted by molar-refractivity contribution is -0.119. The molecule has 1 atom stereocenters. The summed E-state index contributed by atoms with van der Waals surface area (Å²) in [5.74, 6) is 0.146. The minimum absolute atomic E-state index is 0.363. The Morgan fingerprint density at radius 1 is 1.38 bits per heavy atom. The number of anilines is 1. The summed E-state index contributed by atoms with van der Waals surface area (Å²) in [6, 6.07) is 1.86. The number of carbonyl (C=O) groups excluding carboxylic acids is 1. The number of rotatable bonds is 4. The van der Waals surface area contributed by atoms with Crippen LogP contribution in [-0.4, -0.2) is 28.7 Å². The van der Waals surface area contributed by atoms with Gasteiger partial charge in [0, 0.05) is 6.54 Å². The van der Waals surface area contributed by atoms with Crippen LogP contribution < -0.4 is 10.6 Å². The first kappa shape index (κ1) is 15.2. The molecule has 1 saturated heterocycles. The summed E-state index contributed by atoms with van der Waals surface area (Å²) in [6.45, 7) is 4.69. The molecule has 1 fully saturated rings. The molecule has 0 saturated carbocycles. The Kier molecular flexibility index (Phi) is 4.73. The highest BCUT2D eigenvalue weighted by atomic mass is 16.1. The average Bonchev–Trinajstić information content (AvgIpc) is 2.53. The number of primary amides is 1. The molecule has 1 aromatic rings. The fraction of sp³-hybridized carbons (Fsp3) is 0.600. The van der Waals surface area contributed by atoms with Gasteiger partial charge in [0.2, 0.25) is 5.91 Å². The highest BCUT2D eigenvalue weighted by Gasteiger charge is 2.31. The monoisotopic (exact) mass is 287 g/mol. The Morgan fingerprint density at radius 2 is 2.14 bits per heavy atom. The van der Waals surface area contributed by atoms with Gasteiger partial charge in [-0.2, -0.15) is 10.4 Å². The minimum Gasteiger partial charge on any atom is -0.368 e. The van der Waals surface area contributed by atoms with E-state index in [1.807, 2.05) is 18.7 Å². The molecule has 1 aromatic heterocycles. The van der Waals surface area contributed by atoms with E-state index < -0.39 is 6.04 Å². The van der Waals surface area contributed by atoms with E-state index in [0.717, 1.165) is 36.9 Å². The molecule has 2 N–H and O–H groups in total. The summed E-state index contributed by atoms with van der Waals surface area (Å²) in [7, 11) is 0. The molecule has 21 heavy (non-hydrogen) atoms. The van der Waals surface area contributed by atoms with E-state index in [-0.39, 0.29) is 5.91 Å². The van der Waals surface area contributed by atoms with Gasteiger partial charge in [-0.05, 0) is 37.7 Å². The third-order valence-corrected chi connectivity index (χ3v) is 4.04. The van der Waals surface area contributed by atoms with Crippen molar-refractivity contribution in [3.8, 4) is 6.07 Å². The van der Waals surface area contributed by atoms with Gasteiger partial charge in [0.15, 0.2) is 5.82 Å². The van der Waals surface area contributed by atoms with Gasteiger partial charge in [-0.15, -0.1) is 5.10 Å². The molecule has 6 heteroatoms. The fourth-order valence-electron chi connectivity index (χ4n) is 2.96. The number of hydrogen-bond acceptors (Lipinski definition) is 5. The zero-order valence-corrected chi connectivity index (χ0v) is 12.6. The number of nitrogens with two attached hydrogens (primary N) is 1. The smallest absolute Gasteiger partial charge is 0.240 e. The molecule has 6 nitrogen and oxygen atoms in total. The van der Waals surface area contributed by atoms with Gasteiger partial charge >= 0.3 is 0 Å². The standard InChI is InChI=1S/C15H21N5O/c1-3-10-11(9-16)15(19-18-12(10)4-2)20-8-6-5-7-13(20)14(17)21/h13H,3-8H2,1-2H3,(H2,17,21). The quantitative estimate of drug-likeness (QED) is 0.901. The Hall–Kier alpha value is -2.16. The summed E-state index contributed by atoms with van der Waals surface area (Å²) >= 11 is 0. The van der Waals surface area contributed by atoms with Crippen LogP contribution in [0.5, 0.6) is 0 Å². The van der Waals surface area contributed by atoms with E-state index in [4.69, 9.17) is 5.73 Å². The molecular weight excluding hydrogens is 266 g/mol. The summed E-state index contributed by atoms with van der Waals surface area (Å²) in [5.41, 5.74) is 7.82. The lowest BCUT2D eigenvalue weighted by Gasteiger charge is -2.35. The number of nitriles is 1. The van der Waals surface area contributed by atoms with E-state index in [2.05, 4.69) is 16.3 Å². The van der Waals surface area contributed by atoms with E-state index in [1.54, 1.807) is 0 Å². The minimum atomic E-state index is -0.391. The third kappa shape index (κ3) is 2.82. The summed E-state index contributed by atoms with van der Waals surface area (Å²) < 4.78 is 0. The van der Waals surface area contributed by atoms with Crippen LogP contribution in [0.2, 0.25) is 0 Å². The van der Waals surface area contributed by atoms with Gasteiger partial charge in [-0.25, -0.2) is 0 Å². The maximum absolute atomic E-state index is 11.7. The Labute approximate surface area is 125 Å². The second-order valence-electron chi connectivity index (χ2n) is 5.25. The number of hydrogen-bond donors (Lipinski definition) is 1. The number of aromatic nitrogens is 2. The fourth-order valence-corrected chi connectivity index (χ4v) is 2.96. The Morgan fingerprint density at radius 3 is 2.71 bits per heavy atom. The van der Waals surface area contributed by atoms with Crippen molar-refractivity contribution in [1.82, 2.24) is 10.2 Å². The number of aryl methyl sites for hydroxylation is 1. The van der Waals surface area contributed by atoms with Crippen LogP contribution in [0, 0.1) is 11.3 Å². The molecule has 0 aliphatic carbocycles. The third-order valence-electron chi connectivity index (χ3n) is 4.04. The molecule has 1 amide bonds. The van der Waals surface area contributed by atoms with E-state index in [9.17, 15) is 10.1 Å². The van der Waals surface area contributed by atoms with Crippen molar-refractivity contribution < 1.29 is 4.79 Å². The maximum atomic E-state index is 11.7. The van der Waals surface area contributed by atoms with Crippen LogP contribution in [0.1, 0.15) is 49.9 Å². The number of piperidine rings is 1. The summed E-state index contributed by atoms with van der Waals surface area (Å²) in [6.07, 6.45) is 4.10. The molecule has 0 spiro atoms. The van der Waals surface area contributed by atoms with Crippen molar-refractivity contribution in [2.45, 2.75) is 52.0 Å². The van der Waals surface area contributed by atoms with Crippen molar-refractivity contribution in [2.24, 2.45) is 5.73 Å². The predicted octanol–water partition coefficient (Wildman–Crippen LogP) is 1.32. The predicted molar refractivity (Wildman–Crippen MR) is 79.7 cm³/mol. The van der Waals surface area contributed by atoms with Gasteiger partial charge in [0.1, 0.15) is 17.7 Å². The van der Waals surface area contributed by atoms with Gasteiger partial charge < -0.3 is 10.6 Å². The molecule has 1 aliphatic heterocycles. The van der Waals surface area contributed by atoms with Crippen LogP contribution in [0.15, 0.2) is 0 Å². The zero-order chi connectivity index (χ0) is 15.4. The highest BCUT2D eigenvalue weighted by molar-refractivity contribution is 5.84. The van der Waals surface area contributed by atoms with Gasteiger partial charge in [0.25, 0.3) is 0 Å². The van der Waals surface area contributed by atoms with Gasteiger partial charge in [-0.1, -0.05) is 13.8 Å². The molecule has 0 radical (unpaired) electrons. The SMILES string of the molecule is CCc1nnc(N2CCCCC2C(N)=O)c(C#N)c1CC. The van der Waals surface area contributed by atoms with Crippen LogP contribution in [0.3, 0.4) is 0 Å². The first-order valence-corrected chi connectivity index (χ1v) is 7.48. The number of nitrogens with zero attached hydrogens (tertiary/aromatic N) is 4. The van der Waals surface area contributed by atoms with Crippen molar-refractivity contribution in [3.63, 3.8) is 0 Å². The Balaban J connectivity index is 2.52. The topological polar surface area (TPSA) is 95.9 Å². The van der Waals surface area contributed by atoms with Crippen molar-refractivity contribution in [3.05, 3.63) is 16.8 Å². The van der Waals surface area contributed by atoms with Gasteiger partial charge in [0.05, 0.1) is 5.69 Å². The van der Waals surface area contributed by atoms with E-state index in [0.29, 0.717) is 24.3 Å². The van der Waals surface area contributed by atoms with Crippen LogP contribution in [0.4, 0.5) is 5.82 Å². The van der Waals surface area contributed by atoms with Crippen molar-refractivity contribution in [1.29, 1.82) is 5.26 Å². The highest BCUT2D eigenvalue weighted by Crippen LogP contribution is 2.28. The molecule has 0 aromatic carbocycles. The second kappa shape index (κ2) is 6.53. The molecule has 1 aliphatic rings. The van der Waals surface area contributed by atoms with Crippen molar-refractivity contribution >= 4 is 11.7 Å². The first-order valence-electron chi connectivity index (χ1n) is 7.48. The van der Waals surface area contributed by atoms with E-state index in [1.165, 1.54) is 0 Å².